The minimum absolute atomic E-state index is 0.301. The normalized spacial score (nSPS) is 20.4. The van der Waals surface area contributed by atoms with Crippen molar-refractivity contribution in [3.05, 3.63) is 35.1 Å². The Morgan fingerprint density at radius 1 is 1.33 bits per heavy atom. The Labute approximate surface area is 125 Å². The van der Waals surface area contributed by atoms with Gasteiger partial charge in [-0.15, -0.1) is 0 Å². The maximum absolute atomic E-state index is 8.89. The van der Waals surface area contributed by atoms with E-state index in [2.05, 4.69) is 4.98 Å². The lowest BCUT2D eigenvalue weighted by Crippen LogP contribution is -2.41. The number of hydrogen-bond acceptors (Lipinski definition) is 5. The van der Waals surface area contributed by atoms with E-state index in [4.69, 9.17) is 20.3 Å². The van der Waals surface area contributed by atoms with Gasteiger partial charge >= 0.3 is 7.12 Å². The Bertz CT molecular complexity index is 589. The van der Waals surface area contributed by atoms with E-state index in [-0.39, 0.29) is 0 Å². The summed E-state index contributed by atoms with van der Waals surface area (Å²) in [4.78, 5) is 4.22. The SMILES string of the molecule is CC1(C)OB(C(=Cc2cccc(C#N)n2)CN)OC1(C)C. The van der Waals surface area contributed by atoms with Gasteiger partial charge in [-0.3, -0.25) is 0 Å². The molecule has 0 aromatic carbocycles. The van der Waals surface area contributed by atoms with Crippen LogP contribution in [0.2, 0.25) is 0 Å². The van der Waals surface area contributed by atoms with Gasteiger partial charge in [0.05, 0.1) is 16.9 Å². The molecule has 0 radical (unpaired) electrons. The monoisotopic (exact) mass is 285 g/mol. The zero-order valence-electron chi connectivity index (χ0n) is 12.9. The van der Waals surface area contributed by atoms with Crippen molar-refractivity contribution in [2.45, 2.75) is 38.9 Å². The Kier molecular flexibility index (Phi) is 4.19. The molecular formula is C15H20BN3O2. The fourth-order valence-electron chi connectivity index (χ4n) is 2.00. The summed E-state index contributed by atoms with van der Waals surface area (Å²) >= 11 is 0. The van der Waals surface area contributed by atoms with Gasteiger partial charge in [-0.1, -0.05) is 6.07 Å². The molecule has 0 atom stereocenters. The quantitative estimate of drug-likeness (QED) is 0.858. The highest BCUT2D eigenvalue weighted by molar-refractivity contribution is 6.55. The molecular weight excluding hydrogens is 265 g/mol. The Balaban J connectivity index is 2.29. The molecule has 110 valence electrons. The summed E-state index contributed by atoms with van der Waals surface area (Å²) in [6.45, 7) is 8.28. The number of pyridine rings is 1. The second kappa shape index (κ2) is 5.61. The fourth-order valence-corrected chi connectivity index (χ4v) is 2.00. The summed E-state index contributed by atoms with van der Waals surface area (Å²) in [5.41, 5.74) is 6.85. The highest BCUT2D eigenvalue weighted by atomic mass is 16.7. The molecule has 2 heterocycles. The molecule has 0 bridgehead atoms. The highest BCUT2D eigenvalue weighted by Gasteiger charge is 2.52. The molecule has 0 unspecified atom stereocenters. The van der Waals surface area contributed by atoms with E-state index in [0.29, 0.717) is 17.9 Å². The van der Waals surface area contributed by atoms with Gasteiger partial charge in [-0.05, 0) is 51.4 Å². The maximum Gasteiger partial charge on any atom is 0.491 e. The van der Waals surface area contributed by atoms with Crippen LogP contribution in [0.5, 0.6) is 0 Å². The van der Waals surface area contributed by atoms with E-state index in [9.17, 15) is 0 Å². The number of nitrogens with zero attached hydrogens (tertiary/aromatic N) is 2. The molecule has 1 fully saturated rings. The predicted molar refractivity (Wildman–Crippen MR) is 82.1 cm³/mol. The summed E-state index contributed by atoms with van der Waals surface area (Å²) in [5.74, 6) is 0. The van der Waals surface area contributed by atoms with Gasteiger partial charge in [0.1, 0.15) is 11.8 Å². The summed E-state index contributed by atoms with van der Waals surface area (Å²) in [6.07, 6.45) is 1.82. The molecule has 2 rings (SSSR count). The molecule has 1 aromatic rings. The third-order valence-electron chi connectivity index (χ3n) is 4.01. The maximum atomic E-state index is 8.89. The van der Waals surface area contributed by atoms with Crippen molar-refractivity contribution in [2.24, 2.45) is 5.73 Å². The van der Waals surface area contributed by atoms with Crippen molar-refractivity contribution >= 4 is 13.2 Å². The molecule has 0 aliphatic carbocycles. The number of nitrogens with two attached hydrogens (primary N) is 1. The lowest BCUT2D eigenvalue weighted by atomic mass is 9.77. The van der Waals surface area contributed by atoms with Crippen LogP contribution in [0.4, 0.5) is 0 Å². The van der Waals surface area contributed by atoms with Gasteiger partial charge in [0, 0.05) is 6.54 Å². The van der Waals surface area contributed by atoms with Gasteiger partial charge in [-0.2, -0.15) is 5.26 Å². The Morgan fingerprint density at radius 3 is 2.48 bits per heavy atom. The van der Waals surface area contributed by atoms with Gasteiger partial charge in [0.2, 0.25) is 0 Å². The minimum atomic E-state index is -0.493. The van der Waals surface area contributed by atoms with Crippen LogP contribution in [-0.2, 0) is 9.31 Å². The predicted octanol–water partition coefficient (Wildman–Crippen LogP) is 1.93. The summed E-state index contributed by atoms with van der Waals surface area (Å²) < 4.78 is 12.0. The number of nitriles is 1. The van der Waals surface area contributed by atoms with Crippen LogP contribution in [-0.4, -0.2) is 29.8 Å². The van der Waals surface area contributed by atoms with Crippen LogP contribution in [0.15, 0.2) is 23.7 Å². The van der Waals surface area contributed by atoms with Gasteiger partial charge < -0.3 is 15.0 Å². The molecule has 0 spiro atoms. The number of hydrogen-bond donors (Lipinski definition) is 1. The molecule has 1 saturated heterocycles. The standard InChI is InChI=1S/C15H20BN3O2/c1-14(2)15(3,4)21-16(20-14)11(9-17)8-12-6-5-7-13(10-18)19-12/h5-8H,9,17H2,1-4H3. The molecule has 1 aliphatic heterocycles. The van der Waals surface area contributed by atoms with Crippen molar-refractivity contribution in [1.82, 2.24) is 4.98 Å². The van der Waals surface area contributed by atoms with Gasteiger partial charge in [0.15, 0.2) is 0 Å². The molecule has 6 heteroatoms. The molecule has 0 amide bonds. The zero-order valence-corrected chi connectivity index (χ0v) is 12.9. The first-order valence-electron chi connectivity index (χ1n) is 6.92. The van der Waals surface area contributed by atoms with Crippen molar-refractivity contribution in [3.8, 4) is 6.07 Å². The summed E-state index contributed by atoms with van der Waals surface area (Å²) in [6, 6.07) is 7.29. The third-order valence-corrected chi connectivity index (χ3v) is 4.01. The van der Waals surface area contributed by atoms with E-state index < -0.39 is 18.3 Å². The topological polar surface area (TPSA) is 81.2 Å². The van der Waals surface area contributed by atoms with Gasteiger partial charge in [0.25, 0.3) is 0 Å². The lowest BCUT2D eigenvalue weighted by molar-refractivity contribution is 0.00578. The smallest absolute Gasteiger partial charge is 0.400 e. The van der Waals surface area contributed by atoms with Crippen LogP contribution in [0, 0.1) is 11.3 Å². The molecule has 0 saturated carbocycles. The van der Waals surface area contributed by atoms with E-state index in [0.717, 1.165) is 5.47 Å². The number of rotatable bonds is 3. The van der Waals surface area contributed by atoms with Crippen LogP contribution in [0.25, 0.3) is 6.08 Å². The fraction of sp³-hybridized carbons (Fsp3) is 0.467. The molecule has 2 N–H and O–H groups in total. The van der Waals surface area contributed by atoms with E-state index in [1.807, 2.05) is 45.9 Å². The molecule has 1 aromatic heterocycles. The molecule has 5 nitrogen and oxygen atoms in total. The average molecular weight is 285 g/mol. The first-order valence-corrected chi connectivity index (χ1v) is 6.92. The molecule has 21 heavy (non-hydrogen) atoms. The van der Waals surface area contributed by atoms with E-state index in [1.165, 1.54) is 0 Å². The number of aromatic nitrogens is 1. The highest BCUT2D eigenvalue weighted by Crippen LogP contribution is 2.38. The largest absolute Gasteiger partial charge is 0.491 e. The van der Waals surface area contributed by atoms with E-state index >= 15 is 0 Å². The van der Waals surface area contributed by atoms with Crippen LogP contribution >= 0.6 is 0 Å². The van der Waals surface area contributed by atoms with Crippen molar-refractivity contribution in [3.63, 3.8) is 0 Å². The Hall–Kier alpha value is -1.68. The van der Waals surface area contributed by atoms with Gasteiger partial charge in [-0.25, -0.2) is 4.98 Å². The lowest BCUT2D eigenvalue weighted by Gasteiger charge is -2.32. The van der Waals surface area contributed by atoms with Crippen molar-refractivity contribution in [2.75, 3.05) is 6.54 Å². The summed E-state index contributed by atoms with van der Waals surface area (Å²) in [7, 11) is -0.493. The second-order valence-electron chi connectivity index (χ2n) is 6.07. The van der Waals surface area contributed by atoms with Crippen LogP contribution < -0.4 is 5.73 Å². The first kappa shape index (κ1) is 15.7. The van der Waals surface area contributed by atoms with Crippen molar-refractivity contribution < 1.29 is 9.31 Å². The van der Waals surface area contributed by atoms with Crippen LogP contribution in [0.1, 0.15) is 39.1 Å². The Morgan fingerprint density at radius 2 is 1.95 bits per heavy atom. The summed E-state index contributed by atoms with van der Waals surface area (Å²) in [5, 5.41) is 8.89. The zero-order chi connectivity index (χ0) is 15.7. The molecule has 1 aliphatic rings. The van der Waals surface area contributed by atoms with Crippen molar-refractivity contribution in [1.29, 1.82) is 5.26 Å². The first-order chi connectivity index (χ1) is 9.79. The van der Waals surface area contributed by atoms with Crippen LogP contribution in [0.3, 0.4) is 0 Å². The van der Waals surface area contributed by atoms with E-state index in [1.54, 1.807) is 12.1 Å². The minimum Gasteiger partial charge on any atom is -0.400 e. The third kappa shape index (κ3) is 3.16. The second-order valence-corrected chi connectivity index (χ2v) is 6.07. The average Bonchev–Trinajstić information content (AvgIpc) is 2.65.